The summed E-state index contributed by atoms with van der Waals surface area (Å²) in [4.78, 5) is 10.4. The maximum absolute atomic E-state index is 5.73. The maximum atomic E-state index is 5.73. The van der Waals surface area contributed by atoms with E-state index in [1.807, 2.05) is 19.1 Å². The Balaban J connectivity index is 0.00000338. The van der Waals surface area contributed by atoms with Crippen molar-refractivity contribution in [3.05, 3.63) is 45.4 Å². The number of guanidine groups is 1. The van der Waals surface area contributed by atoms with Gasteiger partial charge in [0.05, 0.1) is 17.2 Å². The van der Waals surface area contributed by atoms with E-state index < -0.39 is 0 Å². The number of rotatable bonds is 8. The highest BCUT2D eigenvalue weighted by Crippen LogP contribution is 2.17. The first-order chi connectivity index (χ1) is 12.1. The highest BCUT2D eigenvalue weighted by Gasteiger charge is 2.04. The van der Waals surface area contributed by atoms with Crippen LogP contribution in [0.4, 0.5) is 0 Å². The lowest BCUT2D eigenvalue weighted by Crippen LogP contribution is -2.39. The van der Waals surface area contributed by atoms with Crippen LogP contribution in [0.15, 0.2) is 29.3 Å². The molecule has 0 spiro atoms. The third-order valence-corrected chi connectivity index (χ3v) is 4.77. The summed E-state index contributed by atoms with van der Waals surface area (Å²) in [6.07, 6.45) is 0.924. The number of aryl methyl sites for hydroxylation is 3. The van der Waals surface area contributed by atoms with Crippen molar-refractivity contribution in [3.63, 3.8) is 0 Å². The molecule has 144 valence electrons. The molecule has 2 N–H and O–H groups in total. The molecule has 0 amide bonds. The number of nitrogens with one attached hydrogen (secondary N) is 2. The third-order valence-electron chi connectivity index (χ3n) is 3.64. The number of hydrogen-bond acceptors (Lipinski definition) is 4. The van der Waals surface area contributed by atoms with E-state index in [4.69, 9.17) is 4.74 Å². The van der Waals surface area contributed by atoms with Crippen molar-refractivity contribution < 1.29 is 4.74 Å². The second-order valence-electron chi connectivity index (χ2n) is 5.84. The highest BCUT2D eigenvalue weighted by molar-refractivity contribution is 14.0. The van der Waals surface area contributed by atoms with Crippen molar-refractivity contribution in [1.82, 2.24) is 15.6 Å². The largest absolute Gasteiger partial charge is 0.492 e. The van der Waals surface area contributed by atoms with Gasteiger partial charge in [0.1, 0.15) is 12.4 Å². The fraction of sp³-hybridized carbons (Fsp3) is 0.474. The van der Waals surface area contributed by atoms with Crippen LogP contribution >= 0.6 is 35.3 Å². The van der Waals surface area contributed by atoms with Crippen LogP contribution in [0.2, 0.25) is 0 Å². The molecule has 1 aromatic heterocycles. The zero-order valence-electron chi connectivity index (χ0n) is 16.0. The summed E-state index contributed by atoms with van der Waals surface area (Å²) in [5.74, 6) is 1.72. The Bertz CT molecular complexity index is 685. The van der Waals surface area contributed by atoms with E-state index in [1.54, 1.807) is 11.3 Å². The Labute approximate surface area is 177 Å². The highest BCUT2D eigenvalue weighted by atomic mass is 127. The molecule has 0 unspecified atom stereocenters. The van der Waals surface area contributed by atoms with Crippen LogP contribution < -0.4 is 15.4 Å². The fourth-order valence-corrected chi connectivity index (χ4v) is 3.32. The average molecular weight is 488 g/mol. The summed E-state index contributed by atoms with van der Waals surface area (Å²) in [5, 5.41) is 7.70. The second-order valence-corrected chi connectivity index (χ2v) is 7.13. The van der Waals surface area contributed by atoms with Crippen LogP contribution in [-0.4, -0.2) is 37.2 Å². The van der Waals surface area contributed by atoms with Crippen LogP contribution in [-0.2, 0) is 6.42 Å². The molecule has 2 rings (SSSR count). The van der Waals surface area contributed by atoms with Crippen LogP contribution in [0.25, 0.3) is 0 Å². The molecule has 0 aliphatic carbocycles. The Morgan fingerprint density at radius 3 is 2.50 bits per heavy atom. The molecule has 0 saturated heterocycles. The smallest absolute Gasteiger partial charge is 0.191 e. The van der Waals surface area contributed by atoms with Gasteiger partial charge in [-0.1, -0.05) is 17.7 Å². The molecular weight excluding hydrogens is 459 g/mol. The van der Waals surface area contributed by atoms with E-state index in [9.17, 15) is 0 Å². The van der Waals surface area contributed by atoms with Crippen molar-refractivity contribution in [2.24, 2.45) is 4.99 Å². The van der Waals surface area contributed by atoms with Gasteiger partial charge >= 0.3 is 0 Å². The van der Waals surface area contributed by atoms with E-state index in [0.717, 1.165) is 41.9 Å². The Hall–Kier alpha value is -1.35. The number of hydrogen-bond donors (Lipinski definition) is 2. The third kappa shape index (κ3) is 7.90. The maximum Gasteiger partial charge on any atom is 0.191 e. The van der Waals surface area contributed by atoms with E-state index in [0.29, 0.717) is 13.2 Å². The molecule has 0 aliphatic heterocycles. The van der Waals surface area contributed by atoms with Crippen molar-refractivity contribution in [2.75, 3.05) is 26.2 Å². The fourth-order valence-electron chi connectivity index (χ4n) is 2.39. The lowest BCUT2D eigenvalue weighted by molar-refractivity contribution is 0.322. The summed E-state index contributed by atoms with van der Waals surface area (Å²) in [6, 6.07) is 8.09. The first-order valence-corrected chi connectivity index (χ1v) is 9.54. The van der Waals surface area contributed by atoms with Gasteiger partial charge in [0.2, 0.25) is 0 Å². The number of aromatic nitrogens is 1. The van der Waals surface area contributed by atoms with E-state index in [1.165, 1.54) is 10.4 Å². The minimum Gasteiger partial charge on any atom is -0.492 e. The summed E-state index contributed by atoms with van der Waals surface area (Å²) in [7, 11) is 0. The van der Waals surface area contributed by atoms with Gasteiger partial charge in [-0.3, -0.25) is 4.99 Å². The van der Waals surface area contributed by atoms with Crippen molar-refractivity contribution in [1.29, 1.82) is 0 Å². The van der Waals surface area contributed by atoms with Gasteiger partial charge < -0.3 is 15.4 Å². The minimum atomic E-state index is 0. The van der Waals surface area contributed by atoms with Crippen LogP contribution in [0.1, 0.15) is 28.1 Å². The number of benzene rings is 1. The number of ether oxygens (including phenoxy) is 1. The van der Waals surface area contributed by atoms with Gasteiger partial charge in [0.25, 0.3) is 0 Å². The molecule has 5 nitrogen and oxygen atoms in total. The molecule has 0 atom stereocenters. The van der Waals surface area contributed by atoms with Crippen LogP contribution in [0.3, 0.4) is 0 Å². The van der Waals surface area contributed by atoms with Gasteiger partial charge in [-0.25, -0.2) is 4.98 Å². The van der Waals surface area contributed by atoms with E-state index in [-0.39, 0.29) is 24.0 Å². The SMILES string of the molecule is CCNC(=NCCc1sc(C)nc1C)NCCOc1ccc(C)cc1.I. The number of thiazole rings is 1. The number of halogens is 1. The van der Waals surface area contributed by atoms with Gasteiger partial charge in [-0.15, -0.1) is 35.3 Å². The predicted molar refractivity (Wildman–Crippen MR) is 121 cm³/mol. The first-order valence-electron chi connectivity index (χ1n) is 8.73. The Morgan fingerprint density at radius 2 is 1.88 bits per heavy atom. The molecule has 2 aromatic rings. The Kier molecular flexibility index (Phi) is 10.6. The zero-order valence-corrected chi connectivity index (χ0v) is 19.1. The Morgan fingerprint density at radius 1 is 1.15 bits per heavy atom. The topological polar surface area (TPSA) is 58.5 Å². The van der Waals surface area contributed by atoms with Crippen LogP contribution in [0, 0.1) is 20.8 Å². The second kappa shape index (κ2) is 12.1. The monoisotopic (exact) mass is 488 g/mol. The van der Waals surface area contributed by atoms with Gasteiger partial charge in [-0.2, -0.15) is 0 Å². The number of nitrogens with zero attached hydrogens (tertiary/aromatic N) is 2. The lowest BCUT2D eigenvalue weighted by Gasteiger charge is -2.12. The normalized spacial score (nSPS) is 11.0. The summed E-state index contributed by atoms with van der Waals surface area (Å²) < 4.78 is 5.73. The summed E-state index contributed by atoms with van der Waals surface area (Å²) >= 11 is 1.76. The van der Waals surface area contributed by atoms with E-state index in [2.05, 4.69) is 53.5 Å². The summed E-state index contributed by atoms with van der Waals surface area (Å²) in [5.41, 5.74) is 2.36. The van der Waals surface area contributed by atoms with Crippen molar-refractivity contribution in [3.8, 4) is 5.75 Å². The summed E-state index contributed by atoms with van der Waals surface area (Å²) in [6.45, 7) is 11.1. The molecule has 1 heterocycles. The van der Waals surface area contributed by atoms with Gasteiger partial charge in [-0.05, 0) is 39.8 Å². The molecule has 0 fully saturated rings. The zero-order chi connectivity index (χ0) is 18.1. The average Bonchev–Trinajstić information content (AvgIpc) is 2.90. The molecule has 7 heteroatoms. The van der Waals surface area contributed by atoms with Crippen molar-refractivity contribution in [2.45, 2.75) is 34.1 Å². The molecule has 1 aromatic carbocycles. The molecule has 0 aliphatic rings. The first kappa shape index (κ1) is 22.7. The van der Waals surface area contributed by atoms with Crippen LogP contribution in [0.5, 0.6) is 5.75 Å². The van der Waals surface area contributed by atoms with Gasteiger partial charge in [0.15, 0.2) is 5.96 Å². The number of aliphatic imine (C=N–C) groups is 1. The van der Waals surface area contributed by atoms with E-state index >= 15 is 0 Å². The quantitative estimate of drug-likeness (QED) is 0.257. The minimum absolute atomic E-state index is 0. The lowest BCUT2D eigenvalue weighted by atomic mass is 10.2. The molecule has 26 heavy (non-hydrogen) atoms. The predicted octanol–water partition coefficient (Wildman–Crippen LogP) is 3.86. The molecule has 0 bridgehead atoms. The molecular formula is C19H29IN4OS. The van der Waals surface area contributed by atoms with Crippen molar-refractivity contribution >= 4 is 41.3 Å². The van der Waals surface area contributed by atoms with Gasteiger partial charge in [0, 0.05) is 24.4 Å². The molecule has 0 radical (unpaired) electrons. The molecule has 0 saturated carbocycles. The standard InChI is InChI=1S/C19H28N4OS.HI/c1-5-20-19(21-11-10-18-15(3)23-16(4)25-18)22-12-13-24-17-8-6-14(2)7-9-17;/h6-9H,5,10-13H2,1-4H3,(H2,20,21,22);1H.